The van der Waals surface area contributed by atoms with Crippen LogP contribution >= 0.6 is 12.4 Å². The quantitative estimate of drug-likeness (QED) is 0.862. The van der Waals surface area contributed by atoms with Crippen molar-refractivity contribution >= 4 is 24.0 Å². The number of likely N-dealkylation sites (N-methyl/N-ethyl adjacent to an activating group) is 1. The van der Waals surface area contributed by atoms with Crippen LogP contribution in [0.3, 0.4) is 0 Å². The van der Waals surface area contributed by atoms with E-state index in [0.717, 1.165) is 25.2 Å². The van der Waals surface area contributed by atoms with Gasteiger partial charge in [0.05, 0.1) is 6.54 Å². The lowest BCUT2D eigenvalue weighted by Gasteiger charge is -2.17. The molecule has 0 radical (unpaired) electrons. The fourth-order valence-corrected chi connectivity index (χ4v) is 1.72. The van der Waals surface area contributed by atoms with Crippen molar-refractivity contribution in [2.45, 2.75) is 27.2 Å². The Morgan fingerprint density at radius 3 is 2.44 bits per heavy atom. The summed E-state index contributed by atoms with van der Waals surface area (Å²) in [5.74, 6) is 0.0574. The lowest BCUT2D eigenvalue weighted by molar-refractivity contribution is -0.117. The normalized spacial score (nSPS) is 10.0. The molecule has 0 fully saturated rings. The predicted octanol–water partition coefficient (Wildman–Crippen LogP) is 2.95. The second-order valence-electron chi connectivity index (χ2n) is 4.06. The van der Waals surface area contributed by atoms with Gasteiger partial charge in [-0.25, -0.2) is 0 Å². The summed E-state index contributed by atoms with van der Waals surface area (Å²) in [4.78, 5) is 13.9. The van der Waals surface area contributed by atoms with Crippen LogP contribution in [0.15, 0.2) is 24.3 Å². The third-order valence-electron chi connectivity index (χ3n) is 2.88. The lowest BCUT2D eigenvalue weighted by Crippen LogP contribution is -2.32. The molecule has 4 heteroatoms. The van der Waals surface area contributed by atoms with E-state index in [4.69, 9.17) is 0 Å². The van der Waals surface area contributed by atoms with Crippen molar-refractivity contribution in [3.63, 3.8) is 0 Å². The second kappa shape index (κ2) is 8.95. The second-order valence-corrected chi connectivity index (χ2v) is 4.06. The molecule has 1 N–H and O–H groups in total. The first kappa shape index (κ1) is 16.9. The Morgan fingerprint density at radius 2 is 1.89 bits per heavy atom. The topological polar surface area (TPSA) is 32.3 Å². The predicted molar refractivity (Wildman–Crippen MR) is 79.5 cm³/mol. The highest BCUT2D eigenvalue weighted by atomic mass is 35.5. The number of halogens is 1. The van der Waals surface area contributed by atoms with Gasteiger partial charge in [0.25, 0.3) is 0 Å². The molecule has 0 heterocycles. The van der Waals surface area contributed by atoms with Gasteiger partial charge in [0.15, 0.2) is 0 Å². The van der Waals surface area contributed by atoms with Gasteiger partial charge in [-0.2, -0.15) is 0 Å². The van der Waals surface area contributed by atoms with Gasteiger partial charge in [-0.15, -0.1) is 12.4 Å². The van der Waals surface area contributed by atoms with Gasteiger partial charge < -0.3 is 5.32 Å². The van der Waals surface area contributed by atoms with Crippen molar-refractivity contribution in [1.29, 1.82) is 0 Å². The molecular formula is C14H23ClN2O. The zero-order valence-corrected chi connectivity index (χ0v) is 12.2. The number of carbonyl (C=O) groups is 1. The van der Waals surface area contributed by atoms with Crippen LogP contribution in [0, 0.1) is 0 Å². The molecule has 1 rings (SSSR count). The van der Waals surface area contributed by atoms with Crippen molar-refractivity contribution in [3.05, 3.63) is 29.8 Å². The molecule has 102 valence electrons. The molecule has 0 spiro atoms. The van der Waals surface area contributed by atoms with E-state index in [1.807, 2.05) is 18.2 Å². The van der Waals surface area contributed by atoms with Crippen molar-refractivity contribution in [1.82, 2.24) is 4.90 Å². The van der Waals surface area contributed by atoms with Crippen LogP contribution in [0.2, 0.25) is 0 Å². The summed E-state index contributed by atoms with van der Waals surface area (Å²) in [5, 5.41) is 2.94. The molecule has 0 aliphatic carbocycles. The third-order valence-corrected chi connectivity index (χ3v) is 2.88. The summed E-state index contributed by atoms with van der Waals surface area (Å²) in [6.45, 7) is 8.50. The number of hydrogen-bond acceptors (Lipinski definition) is 2. The van der Waals surface area contributed by atoms with Crippen LogP contribution in [0.5, 0.6) is 0 Å². The molecule has 1 amide bonds. The summed E-state index contributed by atoms with van der Waals surface area (Å²) in [6.07, 6.45) is 0.986. The number of nitrogens with one attached hydrogen (secondary N) is 1. The molecule has 18 heavy (non-hydrogen) atoms. The molecule has 0 saturated heterocycles. The first-order chi connectivity index (χ1) is 8.19. The van der Waals surface area contributed by atoms with Crippen LogP contribution in [0.1, 0.15) is 26.3 Å². The van der Waals surface area contributed by atoms with Crippen LogP contribution in [-0.4, -0.2) is 30.4 Å². The Morgan fingerprint density at radius 1 is 1.22 bits per heavy atom. The summed E-state index contributed by atoms with van der Waals surface area (Å²) in [6, 6.07) is 8.01. The molecular weight excluding hydrogens is 248 g/mol. The van der Waals surface area contributed by atoms with E-state index in [2.05, 4.69) is 37.1 Å². The zero-order chi connectivity index (χ0) is 12.7. The SMILES string of the molecule is CCc1cccc(NC(=O)CN(CC)CC)c1.Cl. The first-order valence-electron chi connectivity index (χ1n) is 6.30. The molecule has 1 aromatic rings. The molecule has 0 bridgehead atoms. The van der Waals surface area contributed by atoms with Gasteiger partial charge >= 0.3 is 0 Å². The van der Waals surface area contributed by atoms with E-state index in [1.165, 1.54) is 5.56 Å². The van der Waals surface area contributed by atoms with Gasteiger partial charge in [-0.1, -0.05) is 32.9 Å². The fourth-order valence-electron chi connectivity index (χ4n) is 1.72. The molecule has 0 aromatic heterocycles. The third kappa shape index (κ3) is 5.52. The number of rotatable bonds is 6. The average Bonchev–Trinajstić information content (AvgIpc) is 2.36. The van der Waals surface area contributed by atoms with Gasteiger partial charge in [-0.3, -0.25) is 9.69 Å². The van der Waals surface area contributed by atoms with Crippen molar-refractivity contribution in [2.24, 2.45) is 0 Å². The number of anilines is 1. The highest BCUT2D eigenvalue weighted by molar-refractivity contribution is 5.92. The fraction of sp³-hybridized carbons (Fsp3) is 0.500. The number of aryl methyl sites for hydroxylation is 1. The summed E-state index contributed by atoms with van der Waals surface area (Å²) >= 11 is 0. The minimum atomic E-state index is 0. The average molecular weight is 271 g/mol. The van der Waals surface area contributed by atoms with E-state index < -0.39 is 0 Å². The molecule has 0 unspecified atom stereocenters. The van der Waals surface area contributed by atoms with E-state index in [0.29, 0.717) is 6.54 Å². The number of carbonyl (C=O) groups excluding carboxylic acids is 1. The first-order valence-corrected chi connectivity index (χ1v) is 6.30. The minimum Gasteiger partial charge on any atom is -0.325 e. The summed E-state index contributed by atoms with van der Waals surface area (Å²) in [7, 11) is 0. The Kier molecular flexibility index (Phi) is 8.42. The van der Waals surface area contributed by atoms with Gasteiger partial charge in [0.1, 0.15) is 0 Å². The van der Waals surface area contributed by atoms with Crippen LogP contribution in [0.4, 0.5) is 5.69 Å². The summed E-state index contributed by atoms with van der Waals surface area (Å²) < 4.78 is 0. The molecule has 0 atom stereocenters. The number of nitrogens with zero attached hydrogens (tertiary/aromatic N) is 1. The highest BCUT2D eigenvalue weighted by Crippen LogP contribution is 2.10. The Hall–Kier alpha value is -1.06. The van der Waals surface area contributed by atoms with Crippen LogP contribution < -0.4 is 5.32 Å². The van der Waals surface area contributed by atoms with Crippen LogP contribution in [-0.2, 0) is 11.2 Å². The smallest absolute Gasteiger partial charge is 0.238 e. The maximum atomic E-state index is 11.8. The van der Waals surface area contributed by atoms with E-state index in [1.54, 1.807) is 0 Å². The number of benzene rings is 1. The zero-order valence-electron chi connectivity index (χ0n) is 11.4. The molecule has 0 aliphatic rings. The highest BCUT2D eigenvalue weighted by Gasteiger charge is 2.07. The Balaban J connectivity index is 0.00000289. The Bertz CT molecular complexity index is 365. The standard InChI is InChI=1S/C14H22N2O.ClH/c1-4-12-8-7-9-13(10-12)15-14(17)11-16(5-2)6-3;/h7-10H,4-6,11H2,1-3H3,(H,15,17);1H. The minimum absolute atomic E-state index is 0. The molecule has 1 aromatic carbocycles. The van der Waals surface area contributed by atoms with Crippen LogP contribution in [0.25, 0.3) is 0 Å². The Labute approximate surface area is 116 Å². The van der Waals surface area contributed by atoms with Crippen molar-refractivity contribution in [3.8, 4) is 0 Å². The van der Waals surface area contributed by atoms with E-state index in [-0.39, 0.29) is 18.3 Å². The van der Waals surface area contributed by atoms with Gasteiger partial charge in [-0.05, 0) is 37.2 Å². The van der Waals surface area contributed by atoms with E-state index in [9.17, 15) is 4.79 Å². The van der Waals surface area contributed by atoms with Gasteiger partial charge in [0, 0.05) is 5.69 Å². The molecule has 0 saturated carbocycles. The maximum absolute atomic E-state index is 11.8. The molecule has 0 aliphatic heterocycles. The van der Waals surface area contributed by atoms with Crippen molar-refractivity contribution < 1.29 is 4.79 Å². The van der Waals surface area contributed by atoms with Crippen molar-refractivity contribution in [2.75, 3.05) is 25.0 Å². The summed E-state index contributed by atoms with van der Waals surface area (Å²) in [5.41, 5.74) is 2.13. The lowest BCUT2D eigenvalue weighted by atomic mass is 10.1. The largest absolute Gasteiger partial charge is 0.325 e. The maximum Gasteiger partial charge on any atom is 0.238 e. The number of hydrogen-bond donors (Lipinski definition) is 1. The monoisotopic (exact) mass is 270 g/mol. The van der Waals surface area contributed by atoms with E-state index >= 15 is 0 Å². The molecule has 3 nitrogen and oxygen atoms in total. The number of amides is 1. The van der Waals surface area contributed by atoms with Gasteiger partial charge in [0.2, 0.25) is 5.91 Å².